The van der Waals surface area contributed by atoms with Crippen LogP contribution in [0.25, 0.3) is 10.4 Å². The monoisotopic (exact) mass is 751 g/mol. The van der Waals surface area contributed by atoms with Gasteiger partial charge in [0.15, 0.2) is 0 Å². The van der Waals surface area contributed by atoms with Gasteiger partial charge in [-0.2, -0.15) is 0 Å². The smallest absolute Gasteiger partial charge is 0.305 e. The highest BCUT2D eigenvalue weighted by Crippen LogP contribution is 2.16. The van der Waals surface area contributed by atoms with Crippen LogP contribution in [0.4, 0.5) is 0 Å². The molecule has 308 valence electrons. The average molecular weight is 751 g/mol. The normalized spacial score (nSPS) is 11.2. The van der Waals surface area contributed by atoms with Gasteiger partial charge in [-0.1, -0.05) is 180 Å². The number of hydrogen-bond acceptors (Lipinski definition) is 8. The van der Waals surface area contributed by atoms with Gasteiger partial charge in [0.2, 0.25) is 5.91 Å². The van der Waals surface area contributed by atoms with Gasteiger partial charge in [-0.05, 0) is 24.8 Å². The van der Waals surface area contributed by atoms with E-state index >= 15 is 0 Å². The second-order valence-electron chi connectivity index (χ2n) is 14.9. The summed E-state index contributed by atoms with van der Waals surface area (Å²) in [6, 6.07) is 0. The van der Waals surface area contributed by atoms with Crippen molar-refractivity contribution in [1.82, 2.24) is 5.32 Å². The van der Waals surface area contributed by atoms with Gasteiger partial charge in [-0.25, -0.2) is 0 Å². The van der Waals surface area contributed by atoms with Crippen LogP contribution in [0.2, 0.25) is 0 Å². The Morgan fingerprint density at radius 3 is 1.00 bits per heavy atom. The van der Waals surface area contributed by atoms with Crippen molar-refractivity contribution < 1.29 is 33.4 Å². The lowest BCUT2D eigenvalue weighted by atomic mass is 10.0. The van der Waals surface area contributed by atoms with Crippen LogP contribution < -0.4 is 5.32 Å². The van der Waals surface area contributed by atoms with Crippen LogP contribution in [0.15, 0.2) is 5.11 Å². The molecule has 0 saturated heterocycles. The third-order valence-corrected chi connectivity index (χ3v) is 9.66. The van der Waals surface area contributed by atoms with E-state index in [9.17, 15) is 19.2 Å². The first-order valence-corrected chi connectivity index (χ1v) is 21.6. The molecule has 53 heavy (non-hydrogen) atoms. The van der Waals surface area contributed by atoms with Crippen LogP contribution in [-0.4, -0.2) is 55.7 Å². The second kappa shape index (κ2) is 37.5. The molecule has 0 heterocycles. The van der Waals surface area contributed by atoms with Gasteiger partial charge in [0.25, 0.3) is 0 Å². The molecule has 0 aliphatic heterocycles. The van der Waals surface area contributed by atoms with Crippen molar-refractivity contribution in [1.29, 1.82) is 0 Å². The van der Waals surface area contributed by atoms with E-state index in [4.69, 9.17) is 19.7 Å². The Balaban J connectivity index is 5.24. The Bertz CT molecular complexity index is 878. The number of azide groups is 1. The molecular formula is C42H78N4O7. The molecule has 0 aromatic carbocycles. The average Bonchev–Trinajstić information content (AvgIpc) is 3.15. The van der Waals surface area contributed by atoms with E-state index in [2.05, 4.69) is 36.1 Å². The SMILES string of the molecule is CCCCCCCCCCCC(=O)OCC(COC(=O)CCCCCCCCCCC)(COC(=O)CCCCCCCCCCC)NC(=O)CN=[N+]=[N-]. The Hall–Kier alpha value is -2.81. The summed E-state index contributed by atoms with van der Waals surface area (Å²) in [4.78, 5) is 53.9. The largest absolute Gasteiger partial charge is 0.463 e. The Kier molecular flexibility index (Phi) is 35.5. The number of nitrogens with zero attached hydrogens (tertiary/aromatic N) is 3. The molecule has 0 aromatic heterocycles. The number of hydrogen-bond donors (Lipinski definition) is 1. The molecular weight excluding hydrogens is 672 g/mol. The van der Waals surface area contributed by atoms with Crippen molar-refractivity contribution in [2.75, 3.05) is 26.4 Å². The number of ether oxygens (including phenoxy) is 3. The molecule has 0 aliphatic rings. The molecule has 0 radical (unpaired) electrons. The molecule has 0 rings (SSSR count). The van der Waals surface area contributed by atoms with Gasteiger partial charge in [0, 0.05) is 24.2 Å². The summed E-state index contributed by atoms with van der Waals surface area (Å²) in [5.41, 5.74) is 7.24. The zero-order valence-corrected chi connectivity index (χ0v) is 34.2. The number of carbonyl (C=O) groups excluding carboxylic acids is 4. The van der Waals surface area contributed by atoms with Crippen molar-refractivity contribution in [3.05, 3.63) is 10.4 Å². The lowest BCUT2D eigenvalue weighted by Gasteiger charge is -2.33. The number of rotatable bonds is 39. The second-order valence-corrected chi connectivity index (χ2v) is 14.9. The van der Waals surface area contributed by atoms with Gasteiger partial charge in [-0.3, -0.25) is 19.2 Å². The molecule has 0 spiro atoms. The van der Waals surface area contributed by atoms with E-state index in [1.165, 1.54) is 96.3 Å². The molecule has 0 unspecified atom stereocenters. The summed E-state index contributed by atoms with van der Waals surface area (Å²) >= 11 is 0. The maximum atomic E-state index is 12.8. The molecule has 11 nitrogen and oxygen atoms in total. The van der Waals surface area contributed by atoms with E-state index < -0.39 is 35.9 Å². The predicted molar refractivity (Wildman–Crippen MR) is 213 cm³/mol. The van der Waals surface area contributed by atoms with Crippen molar-refractivity contribution in [2.45, 2.75) is 219 Å². The summed E-state index contributed by atoms with van der Waals surface area (Å²) in [6.45, 7) is 5.03. The Labute approximate surface area is 322 Å². The summed E-state index contributed by atoms with van der Waals surface area (Å²) < 4.78 is 16.9. The van der Waals surface area contributed by atoms with Crippen LogP contribution in [0.3, 0.4) is 0 Å². The number of unbranched alkanes of at least 4 members (excludes halogenated alkanes) is 24. The van der Waals surface area contributed by atoms with Gasteiger partial charge in [0.1, 0.15) is 31.9 Å². The van der Waals surface area contributed by atoms with E-state index in [0.717, 1.165) is 57.8 Å². The first kappa shape index (κ1) is 50.2. The topological polar surface area (TPSA) is 157 Å². The fourth-order valence-corrected chi connectivity index (χ4v) is 6.28. The van der Waals surface area contributed by atoms with Crippen molar-refractivity contribution in [2.24, 2.45) is 5.11 Å². The maximum absolute atomic E-state index is 12.8. The summed E-state index contributed by atoms with van der Waals surface area (Å²) in [6.07, 6.45) is 30.8. The van der Waals surface area contributed by atoms with Gasteiger partial charge < -0.3 is 19.5 Å². The quantitative estimate of drug-likeness (QED) is 0.0163. The third kappa shape index (κ3) is 33.5. The standard InChI is InChI=1S/C42H78N4O7/c1-4-7-10-13-16-19-22-25-28-31-39(48)51-35-42(45-38(47)34-44-46-43,36-52-40(49)32-29-26-23-20-17-14-11-8-5-2)37-53-41(50)33-30-27-24-21-18-15-12-9-6-3/h4-37H2,1-3H3,(H,45,47). The molecule has 0 aliphatic carbocycles. The van der Waals surface area contributed by atoms with Crippen LogP contribution in [0, 0.1) is 0 Å². The minimum atomic E-state index is -1.53. The zero-order chi connectivity index (χ0) is 39.1. The minimum absolute atomic E-state index is 0.218. The first-order chi connectivity index (χ1) is 25.8. The number of carbonyl (C=O) groups is 4. The third-order valence-electron chi connectivity index (χ3n) is 9.66. The minimum Gasteiger partial charge on any atom is -0.463 e. The lowest BCUT2D eigenvalue weighted by molar-refractivity contribution is -0.159. The predicted octanol–water partition coefficient (Wildman–Crippen LogP) is 11.5. The van der Waals surface area contributed by atoms with Crippen LogP contribution in [0.1, 0.15) is 213 Å². The Morgan fingerprint density at radius 2 is 0.736 bits per heavy atom. The number of esters is 3. The molecule has 0 atom stereocenters. The van der Waals surface area contributed by atoms with Crippen molar-refractivity contribution >= 4 is 23.8 Å². The lowest BCUT2D eigenvalue weighted by Crippen LogP contribution is -2.59. The van der Waals surface area contributed by atoms with E-state index in [-0.39, 0.29) is 39.1 Å². The molecule has 0 aromatic rings. The fourth-order valence-electron chi connectivity index (χ4n) is 6.28. The highest BCUT2D eigenvalue weighted by molar-refractivity contribution is 5.79. The molecule has 0 saturated carbocycles. The van der Waals surface area contributed by atoms with Gasteiger partial charge >= 0.3 is 17.9 Å². The maximum Gasteiger partial charge on any atom is 0.305 e. The molecule has 0 fully saturated rings. The van der Waals surface area contributed by atoms with E-state index in [1.54, 1.807) is 0 Å². The van der Waals surface area contributed by atoms with Gasteiger partial charge in [-0.15, -0.1) is 0 Å². The van der Waals surface area contributed by atoms with E-state index in [0.29, 0.717) is 19.3 Å². The Morgan fingerprint density at radius 1 is 0.472 bits per heavy atom. The van der Waals surface area contributed by atoms with Gasteiger partial charge in [0.05, 0.1) is 0 Å². The fraction of sp³-hybridized carbons (Fsp3) is 0.905. The summed E-state index contributed by atoms with van der Waals surface area (Å²) in [5, 5.41) is 6.05. The molecule has 1 amide bonds. The zero-order valence-electron chi connectivity index (χ0n) is 34.2. The van der Waals surface area contributed by atoms with E-state index in [1.807, 2.05) is 0 Å². The number of amides is 1. The van der Waals surface area contributed by atoms with Crippen molar-refractivity contribution in [3.63, 3.8) is 0 Å². The summed E-state index contributed by atoms with van der Waals surface area (Å²) in [7, 11) is 0. The van der Waals surface area contributed by atoms with Crippen LogP contribution in [-0.2, 0) is 33.4 Å². The van der Waals surface area contributed by atoms with Crippen LogP contribution >= 0.6 is 0 Å². The van der Waals surface area contributed by atoms with Crippen LogP contribution in [0.5, 0.6) is 0 Å². The summed E-state index contributed by atoms with van der Waals surface area (Å²) in [5.74, 6) is -1.99. The molecule has 1 N–H and O–H groups in total. The molecule has 11 heteroatoms. The highest BCUT2D eigenvalue weighted by atomic mass is 16.6. The first-order valence-electron chi connectivity index (χ1n) is 21.6. The highest BCUT2D eigenvalue weighted by Gasteiger charge is 2.37. The van der Waals surface area contributed by atoms with Crippen molar-refractivity contribution in [3.8, 4) is 0 Å². The molecule has 0 bridgehead atoms. The number of nitrogens with one attached hydrogen (secondary N) is 1.